The van der Waals surface area contributed by atoms with Gasteiger partial charge in [0, 0.05) is 6.04 Å². The molecule has 0 aliphatic carbocycles. The second-order valence-electron chi connectivity index (χ2n) is 1.56. The van der Waals surface area contributed by atoms with Gasteiger partial charge in [0.25, 0.3) is 0 Å². The van der Waals surface area contributed by atoms with Crippen molar-refractivity contribution in [2.24, 2.45) is 5.73 Å². The molecule has 0 bridgehead atoms. The topological polar surface area (TPSA) is 29.3 Å². The SMILES string of the molecule is CN(C)CC#CN. The molecule has 0 rings (SSSR count). The Morgan fingerprint density at radius 3 is 2.29 bits per heavy atom. The van der Waals surface area contributed by atoms with Gasteiger partial charge in [0.15, 0.2) is 0 Å². The summed E-state index contributed by atoms with van der Waals surface area (Å²) in [6.45, 7) is 0.747. The summed E-state index contributed by atoms with van der Waals surface area (Å²) >= 11 is 0. The third-order valence-corrected chi connectivity index (χ3v) is 0.497. The van der Waals surface area contributed by atoms with E-state index in [1.54, 1.807) is 0 Å². The van der Waals surface area contributed by atoms with Gasteiger partial charge in [-0.15, -0.1) is 0 Å². The zero-order valence-corrected chi connectivity index (χ0v) is 4.73. The maximum atomic E-state index is 4.89. The predicted molar refractivity (Wildman–Crippen MR) is 30.5 cm³/mol. The number of nitrogens with zero attached hydrogens (tertiary/aromatic N) is 1. The Bertz CT molecular complexity index is 86.0. The quantitative estimate of drug-likeness (QED) is 0.353. The Kier molecular flexibility index (Phi) is 3.17. The molecule has 2 heteroatoms. The molecule has 2 nitrogen and oxygen atoms in total. The lowest BCUT2D eigenvalue weighted by Gasteiger charge is -1.99. The molecule has 0 unspecified atom stereocenters. The fourth-order valence-electron chi connectivity index (χ4n) is 0.204. The first-order valence-electron chi connectivity index (χ1n) is 2.10. The van der Waals surface area contributed by atoms with Crippen LogP contribution in [-0.2, 0) is 0 Å². The second kappa shape index (κ2) is 3.51. The van der Waals surface area contributed by atoms with E-state index in [4.69, 9.17) is 5.73 Å². The Morgan fingerprint density at radius 1 is 1.57 bits per heavy atom. The minimum absolute atomic E-state index is 0.747. The summed E-state index contributed by atoms with van der Waals surface area (Å²) < 4.78 is 0. The standard InChI is InChI=1S/C5H10N2/c1-7(2)5-3-4-6/h5-6H2,1-2H3. The molecule has 0 spiro atoms. The Labute approximate surface area is 44.3 Å². The molecule has 0 aromatic rings. The van der Waals surface area contributed by atoms with Crippen LogP contribution in [0, 0.1) is 12.0 Å². The van der Waals surface area contributed by atoms with Crippen LogP contribution in [0.25, 0.3) is 0 Å². The largest absolute Gasteiger partial charge is 0.359 e. The van der Waals surface area contributed by atoms with E-state index in [0.717, 1.165) is 6.54 Å². The van der Waals surface area contributed by atoms with Gasteiger partial charge in [0.1, 0.15) is 0 Å². The fraction of sp³-hybridized carbons (Fsp3) is 0.600. The Morgan fingerprint density at radius 2 is 2.14 bits per heavy atom. The van der Waals surface area contributed by atoms with Gasteiger partial charge in [-0.25, -0.2) is 0 Å². The van der Waals surface area contributed by atoms with Gasteiger partial charge in [-0.2, -0.15) is 0 Å². The van der Waals surface area contributed by atoms with Crippen LogP contribution in [0.4, 0.5) is 0 Å². The van der Waals surface area contributed by atoms with Crippen molar-refractivity contribution in [2.45, 2.75) is 0 Å². The number of hydrogen-bond donors (Lipinski definition) is 1. The smallest absolute Gasteiger partial charge is 0.0614 e. The first-order chi connectivity index (χ1) is 3.27. The molecule has 0 atom stereocenters. The molecule has 0 amide bonds. The lowest BCUT2D eigenvalue weighted by atomic mass is 10.6. The van der Waals surface area contributed by atoms with Crippen molar-refractivity contribution in [3.8, 4) is 12.0 Å². The molecule has 7 heavy (non-hydrogen) atoms. The molecule has 0 aliphatic rings. The normalized spacial score (nSPS) is 7.86. The van der Waals surface area contributed by atoms with Crippen LogP contribution in [0.5, 0.6) is 0 Å². The van der Waals surface area contributed by atoms with Gasteiger partial charge in [0.05, 0.1) is 6.54 Å². The van der Waals surface area contributed by atoms with Crippen molar-refractivity contribution in [1.82, 2.24) is 4.90 Å². The van der Waals surface area contributed by atoms with E-state index in [1.807, 2.05) is 19.0 Å². The van der Waals surface area contributed by atoms with Gasteiger partial charge in [-0.3, -0.25) is 4.90 Å². The van der Waals surface area contributed by atoms with Crippen molar-refractivity contribution in [2.75, 3.05) is 20.6 Å². The van der Waals surface area contributed by atoms with E-state index in [1.165, 1.54) is 0 Å². The molecule has 0 heterocycles. The first-order valence-corrected chi connectivity index (χ1v) is 2.10. The zero-order valence-electron chi connectivity index (χ0n) is 4.73. The molecule has 0 saturated heterocycles. The summed E-state index contributed by atoms with van der Waals surface area (Å²) in [6, 6.07) is 2.31. The van der Waals surface area contributed by atoms with Crippen LogP contribution in [-0.4, -0.2) is 25.5 Å². The third kappa shape index (κ3) is 5.32. The van der Waals surface area contributed by atoms with Crippen LogP contribution < -0.4 is 5.73 Å². The molecule has 40 valence electrons. The number of hydrogen-bond acceptors (Lipinski definition) is 2. The predicted octanol–water partition coefficient (Wildman–Crippen LogP) is -0.532. The average Bonchev–Trinajstić information content (AvgIpc) is 1.61. The minimum atomic E-state index is 0.747. The molecule has 2 N–H and O–H groups in total. The van der Waals surface area contributed by atoms with E-state index < -0.39 is 0 Å². The second-order valence-corrected chi connectivity index (χ2v) is 1.56. The Balaban J connectivity index is 3.08. The maximum Gasteiger partial charge on any atom is 0.0614 e. The number of nitrogens with two attached hydrogens (primary N) is 1. The van der Waals surface area contributed by atoms with Crippen LogP contribution in [0.2, 0.25) is 0 Å². The highest BCUT2D eigenvalue weighted by molar-refractivity contribution is 4.95. The van der Waals surface area contributed by atoms with Gasteiger partial charge in [-0.05, 0) is 14.1 Å². The van der Waals surface area contributed by atoms with Crippen molar-refractivity contribution >= 4 is 0 Å². The third-order valence-electron chi connectivity index (χ3n) is 0.497. The summed E-state index contributed by atoms with van der Waals surface area (Å²) in [6.07, 6.45) is 0. The van der Waals surface area contributed by atoms with E-state index >= 15 is 0 Å². The molecule has 0 fully saturated rings. The van der Waals surface area contributed by atoms with Crippen molar-refractivity contribution in [3.63, 3.8) is 0 Å². The van der Waals surface area contributed by atoms with Crippen LogP contribution in [0.3, 0.4) is 0 Å². The number of rotatable bonds is 1. The summed E-state index contributed by atoms with van der Waals surface area (Å²) in [4.78, 5) is 1.96. The molecule has 0 saturated carbocycles. The maximum absolute atomic E-state index is 4.89. The molecule has 0 aromatic carbocycles. The highest BCUT2D eigenvalue weighted by Crippen LogP contribution is 1.65. The molecular weight excluding hydrogens is 88.1 g/mol. The van der Waals surface area contributed by atoms with Crippen LogP contribution >= 0.6 is 0 Å². The van der Waals surface area contributed by atoms with Crippen molar-refractivity contribution < 1.29 is 0 Å². The minimum Gasteiger partial charge on any atom is -0.359 e. The van der Waals surface area contributed by atoms with Crippen LogP contribution in [0.1, 0.15) is 0 Å². The van der Waals surface area contributed by atoms with Gasteiger partial charge >= 0.3 is 0 Å². The van der Waals surface area contributed by atoms with Gasteiger partial charge < -0.3 is 5.73 Å². The highest BCUT2D eigenvalue weighted by Gasteiger charge is 1.77. The van der Waals surface area contributed by atoms with Gasteiger partial charge in [0.2, 0.25) is 0 Å². The summed E-state index contributed by atoms with van der Waals surface area (Å²) in [7, 11) is 3.90. The highest BCUT2D eigenvalue weighted by atomic mass is 15.0. The van der Waals surface area contributed by atoms with E-state index in [-0.39, 0.29) is 0 Å². The first kappa shape index (κ1) is 6.32. The average molecular weight is 98.1 g/mol. The monoisotopic (exact) mass is 98.1 g/mol. The van der Waals surface area contributed by atoms with Gasteiger partial charge in [-0.1, -0.05) is 5.92 Å². The lowest BCUT2D eigenvalue weighted by Crippen LogP contribution is -2.11. The van der Waals surface area contributed by atoms with E-state index in [0.29, 0.717) is 0 Å². The van der Waals surface area contributed by atoms with E-state index in [9.17, 15) is 0 Å². The van der Waals surface area contributed by atoms with E-state index in [2.05, 4.69) is 12.0 Å². The lowest BCUT2D eigenvalue weighted by molar-refractivity contribution is 0.464. The summed E-state index contributed by atoms with van der Waals surface area (Å²) in [5.74, 6) is 2.70. The zero-order chi connectivity index (χ0) is 5.70. The summed E-state index contributed by atoms with van der Waals surface area (Å²) in [5.41, 5.74) is 4.89. The molecule has 0 aromatic heterocycles. The van der Waals surface area contributed by atoms with Crippen molar-refractivity contribution in [3.05, 3.63) is 0 Å². The fourth-order valence-corrected chi connectivity index (χ4v) is 0.204. The molecule has 0 radical (unpaired) electrons. The van der Waals surface area contributed by atoms with Crippen LogP contribution in [0.15, 0.2) is 0 Å². The molecular formula is C5H10N2. The Hall–Kier alpha value is -0.680. The van der Waals surface area contributed by atoms with Crippen molar-refractivity contribution in [1.29, 1.82) is 0 Å². The summed E-state index contributed by atoms with van der Waals surface area (Å²) in [5, 5.41) is 0. The molecule has 0 aliphatic heterocycles.